The summed E-state index contributed by atoms with van der Waals surface area (Å²) in [5.41, 5.74) is 0.229. The molecular weight excluding hydrogens is 334 g/mol. The number of halogens is 3. The van der Waals surface area contributed by atoms with Crippen LogP contribution in [-0.2, 0) is 6.42 Å². The SMILES string of the molecule is CCCCC1CCC(C(Br)Cc2c(F)cccc2F)CC1. The molecule has 0 heterocycles. The average molecular weight is 359 g/mol. The Morgan fingerprint density at radius 3 is 2.33 bits per heavy atom. The van der Waals surface area contributed by atoms with Crippen LogP contribution in [0.4, 0.5) is 8.78 Å². The third kappa shape index (κ3) is 4.77. The first-order chi connectivity index (χ1) is 10.1. The van der Waals surface area contributed by atoms with Crippen LogP contribution in [0.5, 0.6) is 0 Å². The van der Waals surface area contributed by atoms with E-state index in [1.807, 2.05) is 0 Å². The van der Waals surface area contributed by atoms with E-state index >= 15 is 0 Å². The summed E-state index contributed by atoms with van der Waals surface area (Å²) in [6.07, 6.45) is 9.29. The smallest absolute Gasteiger partial charge is 0.129 e. The molecule has 1 unspecified atom stereocenters. The topological polar surface area (TPSA) is 0 Å². The van der Waals surface area contributed by atoms with Crippen molar-refractivity contribution in [2.75, 3.05) is 0 Å². The van der Waals surface area contributed by atoms with Gasteiger partial charge in [0.05, 0.1) is 0 Å². The standard InChI is InChI=1S/C18H25BrF2/c1-2-3-5-13-8-10-14(11-9-13)16(19)12-15-17(20)6-4-7-18(15)21/h4,6-7,13-14,16H,2-3,5,8-12H2,1H3. The highest BCUT2D eigenvalue weighted by Gasteiger charge is 2.27. The molecule has 1 atom stereocenters. The van der Waals surface area contributed by atoms with Gasteiger partial charge in [-0.2, -0.15) is 0 Å². The Balaban J connectivity index is 1.86. The van der Waals surface area contributed by atoms with Crippen LogP contribution in [0.15, 0.2) is 18.2 Å². The number of unbranched alkanes of at least 4 members (excludes halogenated alkanes) is 1. The molecule has 118 valence electrons. The van der Waals surface area contributed by atoms with Crippen molar-refractivity contribution in [2.45, 2.75) is 63.1 Å². The van der Waals surface area contributed by atoms with Gasteiger partial charge in [0.1, 0.15) is 11.6 Å². The van der Waals surface area contributed by atoms with Gasteiger partial charge in [-0.05, 0) is 43.2 Å². The Morgan fingerprint density at radius 2 is 1.76 bits per heavy atom. The molecule has 0 N–H and O–H groups in total. The predicted molar refractivity (Wildman–Crippen MR) is 87.8 cm³/mol. The molecule has 0 spiro atoms. The Kier molecular flexibility index (Phi) is 6.66. The summed E-state index contributed by atoms with van der Waals surface area (Å²) in [4.78, 5) is 0.177. The zero-order valence-electron chi connectivity index (χ0n) is 12.8. The minimum absolute atomic E-state index is 0.177. The Labute approximate surface area is 135 Å². The molecule has 0 amide bonds. The summed E-state index contributed by atoms with van der Waals surface area (Å²) in [6, 6.07) is 4.12. The van der Waals surface area contributed by atoms with Crippen molar-refractivity contribution in [2.24, 2.45) is 11.8 Å². The van der Waals surface area contributed by atoms with E-state index in [2.05, 4.69) is 22.9 Å². The Bertz CT molecular complexity index is 419. The lowest BCUT2D eigenvalue weighted by molar-refractivity contribution is 0.255. The van der Waals surface area contributed by atoms with E-state index < -0.39 is 11.6 Å². The summed E-state index contributed by atoms with van der Waals surface area (Å²) < 4.78 is 27.4. The van der Waals surface area contributed by atoms with E-state index in [1.165, 1.54) is 63.1 Å². The van der Waals surface area contributed by atoms with Crippen LogP contribution in [0.1, 0.15) is 57.4 Å². The summed E-state index contributed by atoms with van der Waals surface area (Å²) in [6.45, 7) is 2.24. The van der Waals surface area contributed by atoms with Gasteiger partial charge in [-0.25, -0.2) is 8.78 Å². The van der Waals surface area contributed by atoms with Gasteiger partial charge in [-0.1, -0.05) is 61.0 Å². The minimum Gasteiger partial charge on any atom is -0.207 e. The van der Waals surface area contributed by atoms with Gasteiger partial charge in [0.2, 0.25) is 0 Å². The van der Waals surface area contributed by atoms with Crippen molar-refractivity contribution in [3.63, 3.8) is 0 Å². The number of rotatable bonds is 6. The van der Waals surface area contributed by atoms with Crippen LogP contribution in [-0.4, -0.2) is 4.83 Å². The van der Waals surface area contributed by atoms with Crippen LogP contribution in [0, 0.1) is 23.5 Å². The highest BCUT2D eigenvalue weighted by molar-refractivity contribution is 9.09. The van der Waals surface area contributed by atoms with Crippen molar-refractivity contribution in [1.82, 2.24) is 0 Å². The van der Waals surface area contributed by atoms with E-state index in [9.17, 15) is 8.78 Å². The first kappa shape index (κ1) is 16.9. The zero-order chi connectivity index (χ0) is 15.2. The van der Waals surface area contributed by atoms with Crippen LogP contribution in [0.3, 0.4) is 0 Å². The summed E-state index contributed by atoms with van der Waals surface area (Å²) in [7, 11) is 0. The molecule has 1 saturated carbocycles. The predicted octanol–water partition coefficient (Wildman–Crippen LogP) is 6.27. The van der Waals surface area contributed by atoms with Crippen molar-refractivity contribution < 1.29 is 8.78 Å². The fraction of sp³-hybridized carbons (Fsp3) is 0.667. The lowest BCUT2D eigenvalue weighted by atomic mass is 9.77. The van der Waals surface area contributed by atoms with E-state index in [4.69, 9.17) is 0 Å². The summed E-state index contributed by atoms with van der Waals surface area (Å²) >= 11 is 3.68. The highest BCUT2D eigenvalue weighted by atomic mass is 79.9. The Hall–Kier alpha value is -0.440. The van der Waals surface area contributed by atoms with Crippen molar-refractivity contribution in [3.8, 4) is 0 Å². The van der Waals surface area contributed by atoms with Gasteiger partial charge in [0.25, 0.3) is 0 Å². The van der Waals surface area contributed by atoms with Gasteiger partial charge in [0, 0.05) is 10.4 Å². The first-order valence-corrected chi connectivity index (χ1v) is 9.10. The van der Waals surface area contributed by atoms with Crippen molar-refractivity contribution in [3.05, 3.63) is 35.4 Å². The molecule has 1 aliphatic carbocycles. The molecule has 2 rings (SSSR count). The van der Waals surface area contributed by atoms with E-state index in [0.717, 1.165) is 5.92 Å². The number of benzene rings is 1. The number of alkyl halides is 1. The van der Waals surface area contributed by atoms with E-state index in [0.29, 0.717) is 12.3 Å². The number of hydrogen-bond donors (Lipinski definition) is 0. The van der Waals surface area contributed by atoms with Gasteiger partial charge < -0.3 is 0 Å². The number of hydrogen-bond acceptors (Lipinski definition) is 0. The molecule has 0 saturated heterocycles. The maximum atomic E-state index is 13.7. The van der Waals surface area contributed by atoms with E-state index in [-0.39, 0.29) is 10.4 Å². The molecule has 21 heavy (non-hydrogen) atoms. The second-order valence-corrected chi connectivity index (χ2v) is 7.52. The van der Waals surface area contributed by atoms with Gasteiger partial charge in [0.15, 0.2) is 0 Å². The van der Waals surface area contributed by atoms with Gasteiger partial charge in [-0.3, -0.25) is 0 Å². The monoisotopic (exact) mass is 358 g/mol. The van der Waals surface area contributed by atoms with Gasteiger partial charge >= 0.3 is 0 Å². The normalized spacial score (nSPS) is 24.0. The maximum Gasteiger partial charge on any atom is 0.129 e. The second-order valence-electron chi connectivity index (χ2n) is 6.34. The zero-order valence-corrected chi connectivity index (χ0v) is 14.3. The molecule has 0 aliphatic heterocycles. The minimum atomic E-state index is -0.420. The van der Waals surface area contributed by atoms with E-state index in [1.54, 1.807) is 0 Å². The maximum absolute atomic E-state index is 13.7. The highest BCUT2D eigenvalue weighted by Crippen LogP contribution is 2.37. The van der Waals surface area contributed by atoms with Crippen LogP contribution >= 0.6 is 15.9 Å². The molecule has 1 aromatic rings. The molecular formula is C18H25BrF2. The molecule has 0 aromatic heterocycles. The van der Waals surface area contributed by atoms with Crippen molar-refractivity contribution in [1.29, 1.82) is 0 Å². The van der Waals surface area contributed by atoms with Gasteiger partial charge in [-0.15, -0.1) is 0 Å². The molecule has 0 bridgehead atoms. The second kappa shape index (κ2) is 8.26. The van der Waals surface area contributed by atoms with Crippen LogP contribution in [0.25, 0.3) is 0 Å². The third-order valence-corrected chi connectivity index (χ3v) is 5.90. The third-order valence-electron chi connectivity index (χ3n) is 4.83. The lowest BCUT2D eigenvalue weighted by Gasteiger charge is -2.31. The summed E-state index contributed by atoms with van der Waals surface area (Å²) in [5, 5.41) is 0. The van der Waals surface area contributed by atoms with Crippen LogP contribution in [0.2, 0.25) is 0 Å². The molecule has 0 nitrogen and oxygen atoms in total. The van der Waals surface area contributed by atoms with Crippen LogP contribution < -0.4 is 0 Å². The fourth-order valence-electron chi connectivity index (χ4n) is 3.42. The Morgan fingerprint density at radius 1 is 1.14 bits per heavy atom. The largest absolute Gasteiger partial charge is 0.207 e. The average Bonchev–Trinajstić information content (AvgIpc) is 2.49. The molecule has 1 aliphatic rings. The van der Waals surface area contributed by atoms with Crippen molar-refractivity contribution >= 4 is 15.9 Å². The molecule has 1 aromatic carbocycles. The summed E-state index contributed by atoms with van der Waals surface area (Å²) in [5.74, 6) is 0.570. The lowest BCUT2D eigenvalue weighted by Crippen LogP contribution is -2.24. The quantitative estimate of drug-likeness (QED) is 0.525. The molecule has 3 heteroatoms. The first-order valence-electron chi connectivity index (χ1n) is 8.18. The fourth-order valence-corrected chi connectivity index (χ4v) is 4.27. The molecule has 1 fully saturated rings. The molecule has 0 radical (unpaired) electrons.